The Morgan fingerprint density at radius 2 is 1.65 bits per heavy atom. The van der Waals surface area contributed by atoms with Crippen LogP contribution in [0.3, 0.4) is 0 Å². The third-order valence-electron chi connectivity index (χ3n) is 4.66. The van der Waals surface area contributed by atoms with Crippen LogP contribution in [0.1, 0.15) is 5.56 Å². The summed E-state index contributed by atoms with van der Waals surface area (Å²) in [5.74, 6) is 2.88. The maximum Gasteiger partial charge on any atom is 0.196 e. The lowest BCUT2D eigenvalue weighted by molar-refractivity contribution is 0.414. The SMILES string of the molecule is COc1ccc(-n2c(SCc3ccc(Cl)cc3Cl)nnc2-c2cccc(OC)c2)cc1. The summed E-state index contributed by atoms with van der Waals surface area (Å²) in [7, 11) is 3.29. The molecule has 1 aromatic heterocycles. The molecule has 0 unspecified atom stereocenters. The van der Waals surface area contributed by atoms with E-state index in [1.807, 2.05) is 65.2 Å². The quantitative estimate of drug-likeness (QED) is 0.286. The van der Waals surface area contributed by atoms with Crippen LogP contribution in [-0.4, -0.2) is 29.0 Å². The van der Waals surface area contributed by atoms with Crippen molar-refractivity contribution in [2.75, 3.05) is 14.2 Å². The van der Waals surface area contributed by atoms with Gasteiger partial charge in [0, 0.05) is 27.0 Å². The molecular weight excluding hydrogens is 453 g/mol. The predicted octanol–water partition coefficient (Wildman–Crippen LogP) is 6.55. The summed E-state index contributed by atoms with van der Waals surface area (Å²) in [6.07, 6.45) is 0. The van der Waals surface area contributed by atoms with E-state index in [4.69, 9.17) is 32.7 Å². The van der Waals surface area contributed by atoms with Gasteiger partial charge in [-0.25, -0.2) is 0 Å². The number of rotatable bonds is 7. The van der Waals surface area contributed by atoms with Crippen molar-refractivity contribution < 1.29 is 9.47 Å². The van der Waals surface area contributed by atoms with Crippen LogP contribution in [0.5, 0.6) is 11.5 Å². The van der Waals surface area contributed by atoms with Crippen molar-refractivity contribution >= 4 is 35.0 Å². The topological polar surface area (TPSA) is 49.2 Å². The molecule has 0 aliphatic carbocycles. The number of hydrogen-bond acceptors (Lipinski definition) is 5. The third kappa shape index (κ3) is 4.82. The standard InChI is InChI=1S/C23H19Cl2N3O2S/c1-29-19-10-8-18(9-11-19)28-22(15-4-3-5-20(12-15)30-2)26-27-23(28)31-14-16-6-7-17(24)13-21(16)25/h3-13H,14H2,1-2H3. The summed E-state index contributed by atoms with van der Waals surface area (Å²) in [5.41, 5.74) is 2.80. The molecule has 8 heteroatoms. The van der Waals surface area contributed by atoms with Crippen LogP contribution in [0.25, 0.3) is 17.1 Å². The lowest BCUT2D eigenvalue weighted by Gasteiger charge is -2.12. The molecule has 0 radical (unpaired) electrons. The smallest absolute Gasteiger partial charge is 0.196 e. The molecule has 158 valence electrons. The number of methoxy groups -OCH3 is 2. The molecule has 0 N–H and O–H groups in total. The van der Waals surface area contributed by atoms with E-state index in [1.54, 1.807) is 32.0 Å². The molecule has 0 saturated carbocycles. The van der Waals surface area contributed by atoms with Gasteiger partial charge >= 0.3 is 0 Å². The highest BCUT2D eigenvalue weighted by atomic mass is 35.5. The van der Waals surface area contributed by atoms with E-state index < -0.39 is 0 Å². The van der Waals surface area contributed by atoms with Gasteiger partial charge in [-0.15, -0.1) is 10.2 Å². The summed E-state index contributed by atoms with van der Waals surface area (Å²) in [6.45, 7) is 0. The van der Waals surface area contributed by atoms with E-state index in [1.165, 1.54) is 0 Å². The van der Waals surface area contributed by atoms with Gasteiger partial charge < -0.3 is 9.47 Å². The highest BCUT2D eigenvalue weighted by molar-refractivity contribution is 7.98. The average molecular weight is 472 g/mol. The number of aromatic nitrogens is 3. The van der Waals surface area contributed by atoms with Crippen molar-refractivity contribution in [2.24, 2.45) is 0 Å². The molecule has 0 aliphatic rings. The van der Waals surface area contributed by atoms with Crippen molar-refractivity contribution in [3.63, 3.8) is 0 Å². The lowest BCUT2D eigenvalue weighted by Crippen LogP contribution is -2.00. The molecule has 3 aromatic carbocycles. The molecule has 5 nitrogen and oxygen atoms in total. The average Bonchev–Trinajstić information content (AvgIpc) is 3.22. The van der Waals surface area contributed by atoms with Crippen molar-refractivity contribution in [1.82, 2.24) is 14.8 Å². The zero-order valence-electron chi connectivity index (χ0n) is 16.9. The van der Waals surface area contributed by atoms with Crippen molar-refractivity contribution in [2.45, 2.75) is 10.9 Å². The molecule has 0 saturated heterocycles. The number of nitrogens with zero attached hydrogens (tertiary/aromatic N) is 3. The first kappa shape index (κ1) is 21.6. The largest absolute Gasteiger partial charge is 0.497 e. The Kier molecular flexibility index (Phi) is 6.70. The Bertz CT molecular complexity index is 1200. The van der Waals surface area contributed by atoms with E-state index in [0.29, 0.717) is 21.6 Å². The maximum atomic E-state index is 6.35. The maximum absolute atomic E-state index is 6.35. The van der Waals surface area contributed by atoms with Crippen LogP contribution in [0.2, 0.25) is 10.0 Å². The molecule has 0 aliphatic heterocycles. The van der Waals surface area contributed by atoms with Gasteiger partial charge in [-0.1, -0.05) is 53.2 Å². The minimum atomic E-state index is 0.612. The Hall–Kier alpha value is -2.67. The predicted molar refractivity (Wildman–Crippen MR) is 126 cm³/mol. The summed E-state index contributed by atoms with van der Waals surface area (Å²) in [6, 6.07) is 21.0. The lowest BCUT2D eigenvalue weighted by atomic mass is 10.2. The summed E-state index contributed by atoms with van der Waals surface area (Å²) in [4.78, 5) is 0. The summed E-state index contributed by atoms with van der Waals surface area (Å²) >= 11 is 13.9. The van der Waals surface area contributed by atoms with Crippen LogP contribution in [0, 0.1) is 0 Å². The van der Waals surface area contributed by atoms with Gasteiger partial charge in [0.15, 0.2) is 11.0 Å². The number of thioether (sulfide) groups is 1. The van der Waals surface area contributed by atoms with Crippen LogP contribution < -0.4 is 9.47 Å². The molecular formula is C23H19Cl2N3O2S. The van der Waals surface area contributed by atoms with Crippen molar-refractivity contribution in [3.8, 4) is 28.6 Å². The minimum Gasteiger partial charge on any atom is -0.497 e. The van der Waals surface area contributed by atoms with Gasteiger partial charge in [-0.2, -0.15) is 0 Å². The Morgan fingerprint density at radius 1 is 0.871 bits per heavy atom. The van der Waals surface area contributed by atoms with Gasteiger partial charge in [0.1, 0.15) is 11.5 Å². The number of benzene rings is 3. The van der Waals surface area contributed by atoms with E-state index >= 15 is 0 Å². The molecule has 4 rings (SSSR count). The summed E-state index contributed by atoms with van der Waals surface area (Å²) in [5, 5.41) is 10.9. The van der Waals surface area contributed by atoms with Crippen LogP contribution in [-0.2, 0) is 5.75 Å². The first-order valence-electron chi connectivity index (χ1n) is 9.40. The van der Waals surface area contributed by atoms with E-state index in [2.05, 4.69) is 10.2 Å². The molecule has 0 amide bonds. The number of halogens is 2. The van der Waals surface area contributed by atoms with Gasteiger partial charge in [-0.05, 0) is 54.1 Å². The molecule has 0 atom stereocenters. The van der Waals surface area contributed by atoms with E-state index in [0.717, 1.165) is 33.5 Å². The highest BCUT2D eigenvalue weighted by Gasteiger charge is 2.17. The zero-order chi connectivity index (χ0) is 21.8. The van der Waals surface area contributed by atoms with Gasteiger partial charge in [0.25, 0.3) is 0 Å². The van der Waals surface area contributed by atoms with Gasteiger partial charge in [0.2, 0.25) is 0 Å². The second kappa shape index (κ2) is 9.64. The molecule has 4 aromatic rings. The van der Waals surface area contributed by atoms with Crippen LogP contribution >= 0.6 is 35.0 Å². The molecule has 31 heavy (non-hydrogen) atoms. The Labute approximate surface area is 194 Å². The third-order valence-corrected chi connectivity index (χ3v) is 6.23. The molecule has 0 bridgehead atoms. The molecule has 0 spiro atoms. The number of hydrogen-bond donors (Lipinski definition) is 0. The first-order valence-corrected chi connectivity index (χ1v) is 11.1. The van der Waals surface area contributed by atoms with E-state index in [-0.39, 0.29) is 0 Å². The van der Waals surface area contributed by atoms with E-state index in [9.17, 15) is 0 Å². The van der Waals surface area contributed by atoms with Gasteiger partial charge in [-0.3, -0.25) is 4.57 Å². The Balaban J connectivity index is 1.74. The Morgan fingerprint density at radius 3 is 2.35 bits per heavy atom. The zero-order valence-corrected chi connectivity index (χ0v) is 19.2. The fourth-order valence-corrected chi connectivity index (χ4v) is 4.57. The van der Waals surface area contributed by atoms with Gasteiger partial charge in [0.05, 0.1) is 14.2 Å². The van der Waals surface area contributed by atoms with Crippen molar-refractivity contribution in [1.29, 1.82) is 0 Å². The highest BCUT2D eigenvalue weighted by Crippen LogP contribution is 2.33. The summed E-state index contributed by atoms with van der Waals surface area (Å²) < 4.78 is 12.7. The molecule has 1 heterocycles. The van der Waals surface area contributed by atoms with Crippen LogP contribution in [0.4, 0.5) is 0 Å². The first-order chi connectivity index (χ1) is 15.1. The second-order valence-electron chi connectivity index (χ2n) is 6.60. The fraction of sp³-hybridized carbons (Fsp3) is 0.130. The second-order valence-corrected chi connectivity index (χ2v) is 8.38. The fourth-order valence-electron chi connectivity index (χ4n) is 3.06. The number of ether oxygens (including phenoxy) is 2. The van der Waals surface area contributed by atoms with Crippen molar-refractivity contribution in [3.05, 3.63) is 82.3 Å². The monoisotopic (exact) mass is 471 g/mol. The normalized spacial score (nSPS) is 10.8. The molecule has 0 fully saturated rings. The minimum absolute atomic E-state index is 0.612. The van der Waals surface area contributed by atoms with Crippen LogP contribution in [0.15, 0.2) is 71.9 Å².